The van der Waals surface area contributed by atoms with Crippen molar-refractivity contribution >= 4 is 11.8 Å². The maximum atomic E-state index is 13.1. The molecule has 1 unspecified atom stereocenters. The highest BCUT2D eigenvalue weighted by molar-refractivity contribution is 5.92. The van der Waals surface area contributed by atoms with E-state index in [1.807, 2.05) is 22.9 Å². The number of aromatic nitrogens is 4. The van der Waals surface area contributed by atoms with Crippen LogP contribution in [0.3, 0.4) is 0 Å². The van der Waals surface area contributed by atoms with Crippen LogP contribution >= 0.6 is 0 Å². The Hall–Kier alpha value is -2.64. The van der Waals surface area contributed by atoms with Gasteiger partial charge in [0.05, 0.1) is 6.33 Å². The Morgan fingerprint density at radius 1 is 1.32 bits per heavy atom. The summed E-state index contributed by atoms with van der Waals surface area (Å²) >= 11 is 0. The van der Waals surface area contributed by atoms with Gasteiger partial charge in [-0.15, -0.1) is 0 Å². The first-order valence-electron chi connectivity index (χ1n) is 10.2. The zero-order valence-electron chi connectivity index (χ0n) is 16.4. The van der Waals surface area contributed by atoms with E-state index in [1.165, 1.54) is 0 Å². The molecule has 0 radical (unpaired) electrons. The lowest BCUT2D eigenvalue weighted by molar-refractivity contribution is -0.138. The molecule has 0 aromatic carbocycles. The van der Waals surface area contributed by atoms with Gasteiger partial charge in [0, 0.05) is 69.1 Å². The standard InChI is InChI=1S/C20H28N6O2/c1-2-26-17(5-9-23-26)19(28)25-10-3-7-20(14-25)8-4-18(27)24(13-20)11-6-16-12-21-15-22-16/h5,9,12,15H,2-4,6-8,10-11,13-14H2,1H3,(H,21,22). The van der Waals surface area contributed by atoms with E-state index in [1.54, 1.807) is 23.3 Å². The summed E-state index contributed by atoms with van der Waals surface area (Å²) in [5.41, 5.74) is 1.70. The van der Waals surface area contributed by atoms with Gasteiger partial charge in [-0.25, -0.2) is 4.98 Å². The van der Waals surface area contributed by atoms with Crippen LogP contribution in [0.4, 0.5) is 0 Å². The third-order valence-corrected chi connectivity index (χ3v) is 6.14. The zero-order valence-corrected chi connectivity index (χ0v) is 16.4. The van der Waals surface area contributed by atoms with Crippen LogP contribution < -0.4 is 0 Å². The lowest BCUT2D eigenvalue weighted by atomic mass is 9.73. The second-order valence-electron chi connectivity index (χ2n) is 8.00. The van der Waals surface area contributed by atoms with E-state index in [9.17, 15) is 9.59 Å². The number of hydrogen-bond donors (Lipinski definition) is 1. The molecule has 1 spiro atoms. The molecular weight excluding hydrogens is 356 g/mol. The van der Waals surface area contributed by atoms with E-state index in [-0.39, 0.29) is 17.2 Å². The van der Waals surface area contributed by atoms with E-state index in [0.717, 1.165) is 44.5 Å². The van der Waals surface area contributed by atoms with E-state index in [2.05, 4.69) is 15.1 Å². The van der Waals surface area contributed by atoms with E-state index < -0.39 is 0 Å². The van der Waals surface area contributed by atoms with Gasteiger partial charge in [0.15, 0.2) is 0 Å². The fourth-order valence-corrected chi connectivity index (χ4v) is 4.63. The smallest absolute Gasteiger partial charge is 0.272 e. The molecule has 2 aromatic rings. The van der Waals surface area contributed by atoms with Crippen LogP contribution in [0.25, 0.3) is 0 Å². The third-order valence-electron chi connectivity index (χ3n) is 6.14. The van der Waals surface area contributed by atoms with Gasteiger partial charge in [0.1, 0.15) is 5.69 Å². The van der Waals surface area contributed by atoms with Crippen molar-refractivity contribution in [3.05, 3.63) is 36.2 Å². The molecule has 2 aliphatic heterocycles. The monoisotopic (exact) mass is 384 g/mol. The number of nitrogens with zero attached hydrogens (tertiary/aromatic N) is 5. The Balaban J connectivity index is 1.44. The topological polar surface area (TPSA) is 87.1 Å². The number of likely N-dealkylation sites (tertiary alicyclic amines) is 2. The summed E-state index contributed by atoms with van der Waals surface area (Å²) in [5.74, 6) is 0.275. The Labute approximate surface area is 164 Å². The van der Waals surface area contributed by atoms with Gasteiger partial charge >= 0.3 is 0 Å². The van der Waals surface area contributed by atoms with Crippen LogP contribution in [0, 0.1) is 5.41 Å². The first-order valence-corrected chi connectivity index (χ1v) is 10.2. The van der Waals surface area contributed by atoms with Crippen LogP contribution in [0.2, 0.25) is 0 Å². The largest absolute Gasteiger partial charge is 0.348 e. The zero-order chi connectivity index (χ0) is 19.6. The molecule has 4 rings (SSSR count). The molecular formula is C20H28N6O2. The van der Waals surface area contributed by atoms with Gasteiger partial charge in [-0.3, -0.25) is 14.3 Å². The molecule has 4 heterocycles. The SMILES string of the molecule is CCn1nccc1C(=O)N1CCCC2(CCC(=O)N(CCc3cnc[nH]3)C2)C1. The summed E-state index contributed by atoms with van der Waals surface area (Å²) in [6.07, 6.45) is 9.42. The number of carbonyl (C=O) groups excluding carboxylic acids is 2. The Morgan fingerprint density at radius 3 is 3.00 bits per heavy atom. The minimum atomic E-state index is 0.00682. The van der Waals surface area contributed by atoms with Gasteiger partial charge in [0.25, 0.3) is 5.91 Å². The van der Waals surface area contributed by atoms with Crippen molar-refractivity contribution in [2.45, 2.75) is 45.6 Å². The molecule has 2 fully saturated rings. The number of rotatable bonds is 5. The van der Waals surface area contributed by atoms with Crippen molar-refractivity contribution in [2.24, 2.45) is 5.41 Å². The van der Waals surface area contributed by atoms with Crippen molar-refractivity contribution in [3.8, 4) is 0 Å². The molecule has 8 nitrogen and oxygen atoms in total. The molecule has 0 bridgehead atoms. The Bertz CT molecular complexity index is 830. The number of aryl methyl sites for hydroxylation is 1. The first kappa shape index (κ1) is 18.7. The number of piperidine rings is 2. The minimum Gasteiger partial charge on any atom is -0.348 e. The van der Waals surface area contributed by atoms with Crippen molar-refractivity contribution in [1.82, 2.24) is 29.5 Å². The fourth-order valence-electron chi connectivity index (χ4n) is 4.63. The summed E-state index contributed by atoms with van der Waals surface area (Å²) in [7, 11) is 0. The number of carbonyl (C=O) groups is 2. The Morgan fingerprint density at radius 2 is 2.21 bits per heavy atom. The highest BCUT2D eigenvalue weighted by atomic mass is 16.2. The second-order valence-corrected chi connectivity index (χ2v) is 8.00. The second kappa shape index (κ2) is 7.77. The summed E-state index contributed by atoms with van der Waals surface area (Å²) < 4.78 is 1.75. The van der Waals surface area contributed by atoms with Crippen molar-refractivity contribution in [3.63, 3.8) is 0 Å². The molecule has 1 atom stereocenters. The maximum Gasteiger partial charge on any atom is 0.272 e. The van der Waals surface area contributed by atoms with Gasteiger partial charge < -0.3 is 14.8 Å². The number of aromatic amines is 1. The number of amides is 2. The van der Waals surface area contributed by atoms with Crippen molar-refractivity contribution in [2.75, 3.05) is 26.2 Å². The summed E-state index contributed by atoms with van der Waals surface area (Å²) in [6, 6.07) is 1.80. The average molecular weight is 384 g/mol. The summed E-state index contributed by atoms with van der Waals surface area (Å²) in [5, 5.41) is 4.23. The predicted octanol–water partition coefficient (Wildman–Crippen LogP) is 1.71. The highest BCUT2D eigenvalue weighted by Crippen LogP contribution is 2.39. The van der Waals surface area contributed by atoms with Crippen LogP contribution in [0.5, 0.6) is 0 Å². The van der Waals surface area contributed by atoms with E-state index >= 15 is 0 Å². The quantitative estimate of drug-likeness (QED) is 0.850. The molecule has 2 aliphatic rings. The van der Waals surface area contributed by atoms with Gasteiger partial charge in [0.2, 0.25) is 5.91 Å². The third kappa shape index (κ3) is 3.68. The van der Waals surface area contributed by atoms with Crippen molar-refractivity contribution in [1.29, 1.82) is 0 Å². The van der Waals surface area contributed by atoms with Crippen LogP contribution in [0.1, 0.15) is 48.8 Å². The van der Waals surface area contributed by atoms with Crippen LogP contribution in [-0.2, 0) is 17.8 Å². The average Bonchev–Trinajstić information content (AvgIpc) is 3.40. The predicted molar refractivity (Wildman–Crippen MR) is 104 cm³/mol. The lowest BCUT2D eigenvalue weighted by Gasteiger charge is -2.48. The molecule has 8 heteroatoms. The molecule has 28 heavy (non-hydrogen) atoms. The highest BCUT2D eigenvalue weighted by Gasteiger charge is 2.43. The minimum absolute atomic E-state index is 0.00682. The lowest BCUT2D eigenvalue weighted by Crippen LogP contribution is -2.55. The first-order chi connectivity index (χ1) is 13.6. The molecule has 0 saturated carbocycles. The van der Waals surface area contributed by atoms with Gasteiger partial charge in [-0.05, 0) is 32.3 Å². The summed E-state index contributed by atoms with van der Waals surface area (Å²) in [6.45, 7) is 5.59. The number of hydrogen-bond acceptors (Lipinski definition) is 4. The molecule has 2 amide bonds. The van der Waals surface area contributed by atoms with E-state index in [0.29, 0.717) is 31.7 Å². The maximum absolute atomic E-state index is 13.1. The number of imidazole rings is 1. The molecule has 2 saturated heterocycles. The molecule has 150 valence electrons. The van der Waals surface area contributed by atoms with Crippen LogP contribution in [-0.4, -0.2) is 67.5 Å². The van der Waals surface area contributed by atoms with Gasteiger partial charge in [-0.2, -0.15) is 5.10 Å². The number of nitrogens with one attached hydrogen (secondary N) is 1. The van der Waals surface area contributed by atoms with Crippen molar-refractivity contribution < 1.29 is 9.59 Å². The van der Waals surface area contributed by atoms with E-state index in [4.69, 9.17) is 0 Å². The molecule has 0 aliphatic carbocycles. The number of H-pyrrole nitrogens is 1. The van der Waals surface area contributed by atoms with Gasteiger partial charge in [-0.1, -0.05) is 0 Å². The Kier molecular flexibility index (Phi) is 5.19. The van der Waals surface area contributed by atoms with Crippen LogP contribution in [0.15, 0.2) is 24.8 Å². The normalized spacial score (nSPS) is 22.8. The fraction of sp³-hybridized carbons (Fsp3) is 0.600. The molecule has 2 aromatic heterocycles. The summed E-state index contributed by atoms with van der Waals surface area (Å²) in [4.78, 5) is 36.6. The molecule has 1 N–H and O–H groups in total.